The molecule has 148 valence electrons. The van der Waals surface area contributed by atoms with Gasteiger partial charge in [-0.1, -0.05) is 41.4 Å². The van der Waals surface area contributed by atoms with E-state index < -0.39 is 15.9 Å². The van der Waals surface area contributed by atoms with Gasteiger partial charge in [0, 0.05) is 10.7 Å². The average Bonchev–Trinajstić information content (AvgIpc) is 2.77. The van der Waals surface area contributed by atoms with Crippen molar-refractivity contribution in [2.45, 2.75) is 12.7 Å². The monoisotopic (exact) mass is 428 g/mol. The van der Waals surface area contributed by atoms with Gasteiger partial charge in [-0.3, -0.25) is 9.52 Å². The Hall–Kier alpha value is -3.03. The van der Waals surface area contributed by atoms with Gasteiger partial charge >= 0.3 is 0 Å². The largest absolute Gasteiger partial charge is 0.454 e. The molecule has 0 fully saturated rings. The van der Waals surface area contributed by atoms with E-state index in [4.69, 9.17) is 16.3 Å². The van der Waals surface area contributed by atoms with Crippen LogP contribution in [0.3, 0.4) is 0 Å². The third kappa shape index (κ3) is 4.36. The minimum atomic E-state index is -3.66. The van der Waals surface area contributed by atoms with Gasteiger partial charge in [0.1, 0.15) is 5.75 Å². The van der Waals surface area contributed by atoms with Gasteiger partial charge in [0.2, 0.25) is 10.0 Å². The predicted octanol–water partition coefficient (Wildman–Crippen LogP) is 4.95. The highest BCUT2D eigenvalue weighted by Gasteiger charge is 2.22. The fourth-order valence-electron chi connectivity index (χ4n) is 3.09. The summed E-state index contributed by atoms with van der Waals surface area (Å²) >= 11 is 5.98. The topological polar surface area (TPSA) is 84.5 Å². The van der Waals surface area contributed by atoms with Gasteiger partial charge in [-0.25, -0.2) is 8.42 Å². The molecule has 0 bridgehead atoms. The number of carbonyl (C=O) groups is 1. The Kier molecular flexibility index (Phi) is 4.94. The first kappa shape index (κ1) is 19.3. The molecule has 8 heteroatoms. The summed E-state index contributed by atoms with van der Waals surface area (Å²) in [6.07, 6.45) is 0. The standard InChI is InChI=1S/C21H17ClN2O4S/c1-13-3-2-4-14(9-13)12-29(26,27)24-16-6-8-19-17(11-16)21(25)23-18-10-15(22)5-7-20(18)28-19/h2-11,24H,12H2,1H3,(H,23,25). The summed E-state index contributed by atoms with van der Waals surface area (Å²) in [6, 6.07) is 16.8. The highest BCUT2D eigenvalue weighted by molar-refractivity contribution is 7.91. The van der Waals surface area contributed by atoms with Crippen molar-refractivity contribution >= 4 is 38.9 Å². The minimum absolute atomic E-state index is 0.168. The Morgan fingerprint density at radius 2 is 1.83 bits per heavy atom. The van der Waals surface area contributed by atoms with Gasteiger partial charge < -0.3 is 10.1 Å². The van der Waals surface area contributed by atoms with Crippen LogP contribution in [0.25, 0.3) is 0 Å². The van der Waals surface area contributed by atoms with Crippen molar-refractivity contribution in [2.24, 2.45) is 0 Å². The lowest BCUT2D eigenvalue weighted by Gasteiger charge is -2.11. The van der Waals surface area contributed by atoms with Gasteiger partial charge in [0.25, 0.3) is 5.91 Å². The maximum Gasteiger partial charge on any atom is 0.259 e. The molecule has 1 heterocycles. The van der Waals surface area contributed by atoms with Gasteiger partial charge in [-0.15, -0.1) is 0 Å². The fraction of sp³-hybridized carbons (Fsp3) is 0.0952. The van der Waals surface area contributed by atoms with E-state index >= 15 is 0 Å². The summed E-state index contributed by atoms with van der Waals surface area (Å²) in [4.78, 5) is 12.6. The number of sulfonamides is 1. The normalized spacial score (nSPS) is 12.8. The van der Waals surface area contributed by atoms with Gasteiger partial charge in [-0.05, 0) is 48.9 Å². The Labute approximate surface area is 173 Å². The molecule has 0 aromatic heterocycles. The highest BCUT2D eigenvalue weighted by atomic mass is 35.5. The van der Waals surface area contributed by atoms with Crippen LogP contribution in [0.15, 0.2) is 60.7 Å². The van der Waals surface area contributed by atoms with Crippen LogP contribution >= 0.6 is 11.6 Å². The van der Waals surface area contributed by atoms with E-state index in [2.05, 4.69) is 10.0 Å². The van der Waals surface area contributed by atoms with Crippen molar-refractivity contribution in [2.75, 3.05) is 10.0 Å². The molecule has 0 aliphatic carbocycles. The molecule has 0 radical (unpaired) electrons. The third-order valence-corrected chi connectivity index (χ3v) is 5.84. The van der Waals surface area contributed by atoms with Crippen molar-refractivity contribution < 1.29 is 17.9 Å². The van der Waals surface area contributed by atoms with E-state index in [1.807, 2.05) is 25.1 Å². The number of ether oxygens (including phenoxy) is 1. The SMILES string of the molecule is Cc1cccc(CS(=O)(=O)Nc2ccc3c(c2)C(=O)Nc2cc(Cl)ccc2O3)c1. The zero-order valence-electron chi connectivity index (χ0n) is 15.4. The molecule has 0 atom stereocenters. The molecule has 0 unspecified atom stereocenters. The van der Waals surface area contributed by atoms with E-state index in [1.165, 1.54) is 6.07 Å². The number of nitrogens with one attached hydrogen (secondary N) is 2. The smallest absolute Gasteiger partial charge is 0.259 e. The number of fused-ring (bicyclic) bond motifs is 2. The summed E-state index contributed by atoms with van der Waals surface area (Å²) in [5.74, 6) is 0.193. The van der Waals surface area contributed by atoms with Crippen molar-refractivity contribution in [3.05, 3.63) is 82.4 Å². The molecular weight excluding hydrogens is 412 g/mol. The Bertz CT molecular complexity index is 1230. The number of aryl methyl sites for hydroxylation is 1. The van der Waals surface area contributed by atoms with Crippen molar-refractivity contribution in [1.82, 2.24) is 0 Å². The maximum atomic E-state index is 12.6. The number of anilines is 2. The quantitative estimate of drug-likeness (QED) is 0.615. The maximum absolute atomic E-state index is 12.6. The molecule has 6 nitrogen and oxygen atoms in total. The van der Waals surface area contributed by atoms with Crippen molar-refractivity contribution in [3.63, 3.8) is 0 Å². The lowest BCUT2D eigenvalue weighted by Crippen LogP contribution is -2.16. The Morgan fingerprint density at radius 3 is 2.62 bits per heavy atom. The first-order valence-corrected chi connectivity index (χ1v) is 10.8. The number of halogens is 1. The van der Waals surface area contributed by atoms with E-state index in [0.29, 0.717) is 27.8 Å². The highest BCUT2D eigenvalue weighted by Crippen LogP contribution is 2.38. The van der Waals surface area contributed by atoms with E-state index in [-0.39, 0.29) is 17.0 Å². The predicted molar refractivity (Wildman–Crippen MR) is 113 cm³/mol. The number of amides is 1. The van der Waals surface area contributed by atoms with Crippen LogP contribution < -0.4 is 14.8 Å². The van der Waals surface area contributed by atoms with Crippen molar-refractivity contribution in [3.8, 4) is 11.5 Å². The van der Waals surface area contributed by atoms with Gasteiger partial charge in [0.15, 0.2) is 5.75 Å². The van der Waals surface area contributed by atoms with Gasteiger partial charge in [-0.2, -0.15) is 0 Å². The molecule has 1 aliphatic rings. The number of benzene rings is 3. The molecule has 29 heavy (non-hydrogen) atoms. The number of hydrogen-bond acceptors (Lipinski definition) is 4. The van der Waals surface area contributed by atoms with E-state index in [0.717, 1.165) is 5.56 Å². The second-order valence-corrected chi connectivity index (χ2v) is 8.92. The van der Waals surface area contributed by atoms with E-state index in [1.54, 1.807) is 36.4 Å². The minimum Gasteiger partial charge on any atom is -0.454 e. The zero-order chi connectivity index (χ0) is 20.6. The Balaban J connectivity index is 1.59. The van der Waals surface area contributed by atoms with Crippen LogP contribution in [-0.2, 0) is 15.8 Å². The molecule has 3 aromatic carbocycles. The second-order valence-electron chi connectivity index (χ2n) is 6.76. The average molecular weight is 429 g/mol. The molecule has 0 spiro atoms. The van der Waals surface area contributed by atoms with Crippen LogP contribution in [-0.4, -0.2) is 14.3 Å². The Morgan fingerprint density at radius 1 is 1.03 bits per heavy atom. The number of rotatable bonds is 4. The molecule has 1 aliphatic heterocycles. The van der Waals surface area contributed by atoms with Crippen LogP contribution in [0, 0.1) is 6.92 Å². The summed E-state index contributed by atoms with van der Waals surface area (Å²) < 4.78 is 33.4. The second kappa shape index (κ2) is 7.42. The lowest BCUT2D eigenvalue weighted by atomic mass is 10.1. The molecule has 2 N–H and O–H groups in total. The van der Waals surface area contributed by atoms with E-state index in [9.17, 15) is 13.2 Å². The lowest BCUT2D eigenvalue weighted by molar-refractivity contribution is 0.102. The van der Waals surface area contributed by atoms with Crippen LogP contribution in [0.5, 0.6) is 11.5 Å². The zero-order valence-corrected chi connectivity index (χ0v) is 17.0. The summed E-state index contributed by atoms with van der Waals surface area (Å²) in [6.45, 7) is 1.90. The first-order chi connectivity index (χ1) is 13.8. The molecule has 0 saturated carbocycles. The summed E-state index contributed by atoms with van der Waals surface area (Å²) in [7, 11) is -3.66. The fourth-order valence-corrected chi connectivity index (χ4v) is 4.44. The van der Waals surface area contributed by atoms with Crippen molar-refractivity contribution in [1.29, 1.82) is 0 Å². The molecule has 3 aromatic rings. The number of carbonyl (C=O) groups excluding carboxylic acids is 1. The van der Waals surface area contributed by atoms with Crippen LogP contribution in [0.4, 0.5) is 11.4 Å². The molecular formula is C21H17ClN2O4S. The summed E-state index contributed by atoms with van der Waals surface area (Å²) in [5, 5.41) is 3.19. The summed E-state index contributed by atoms with van der Waals surface area (Å²) in [5.41, 5.74) is 2.60. The number of hydrogen-bond donors (Lipinski definition) is 2. The third-order valence-electron chi connectivity index (χ3n) is 4.35. The molecule has 0 saturated heterocycles. The van der Waals surface area contributed by atoms with Crippen LogP contribution in [0.1, 0.15) is 21.5 Å². The molecule has 1 amide bonds. The van der Waals surface area contributed by atoms with Crippen LogP contribution in [0.2, 0.25) is 5.02 Å². The first-order valence-electron chi connectivity index (χ1n) is 8.78. The van der Waals surface area contributed by atoms with Gasteiger partial charge in [0.05, 0.1) is 17.0 Å². The molecule has 4 rings (SSSR count).